The van der Waals surface area contributed by atoms with Crippen LogP contribution >= 0.6 is 0 Å². The average molecular weight is 1240 g/mol. The maximum Gasteiger partial charge on any atom is 0.249 e. The zero-order chi connectivity index (χ0) is 63.1. The minimum Gasteiger partial charge on any atom is -0.394 e. The molecular weight excluding hydrogens is 1090 g/mol. The molecule has 0 bridgehead atoms. The highest BCUT2D eigenvalue weighted by Gasteiger charge is 2.44. The number of allylic oxidation sites excluding steroid dienone is 2. The van der Waals surface area contributed by atoms with Gasteiger partial charge in [0.1, 0.15) is 36.6 Å². The molecule has 11 nitrogen and oxygen atoms in total. The second-order valence-corrected chi connectivity index (χ2v) is 27.4. The molecule has 1 rings (SSSR count). The number of nitrogens with one attached hydrogen (secondary N) is 1. The number of ether oxygens (including phenoxy) is 2. The lowest BCUT2D eigenvalue weighted by molar-refractivity contribution is -0.303. The number of unbranched alkanes of at least 4 members (excludes halogenated alkanes) is 55. The molecule has 9 atom stereocenters. The van der Waals surface area contributed by atoms with E-state index in [-0.39, 0.29) is 12.8 Å². The highest BCUT2D eigenvalue weighted by molar-refractivity contribution is 5.80. The van der Waals surface area contributed by atoms with Crippen molar-refractivity contribution in [3.63, 3.8) is 0 Å². The SMILES string of the molecule is CCCCCCCCCCCCCCCCCCCCCCCCCCCCC/C=C/CCCC(O)C(O)C(COC1OC(CO)C(O)C(O)C1O)NC(=O)C(O)CCCCCCCCCCCCCCCCCCCCCCCCCCCCCC. The van der Waals surface area contributed by atoms with Crippen LogP contribution in [0.5, 0.6) is 0 Å². The molecule has 8 N–H and O–H groups in total. The summed E-state index contributed by atoms with van der Waals surface area (Å²) in [4.78, 5) is 13.3. The lowest BCUT2D eigenvalue weighted by atomic mass is 9.98. The third-order valence-electron chi connectivity index (χ3n) is 19.1. The molecule has 9 unspecified atom stereocenters. The Morgan fingerprint density at radius 1 is 0.391 bits per heavy atom. The predicted octanol–water partition coefficient (Wildman–Crippen LogP) is 19.4. The third kappa shape index (κ3) is 52.0. The fourth-order valence-corrected chi connectivity index (χ4v) is 12.9. The Bertz CT molecular complexity index is 1420. The van der Waals surface area contributed by atoms with Crippen molar-refractivity contribution < 1.29 is 50.0 Å². The monoisotopic (exact) mass is 1240 g/mol. The van der Waals surface area contributed by atoms with Gasteiger partial charge in [0.2, 0.25) is 5.91 Å². The quantitative estimate of drug-likeness (QED) is 0.0215. The zero-order valence-electron chi connectivity index (χ0n) is 57.5. The molecule has 87 heavy (non-hydrogen) atoms. The first-order chi connectivity index (χ1) is 42.7. The van der Waals surface area contributed by atoms with E-state index in [2.05, 4.69) is 31.3 Å². The van der Waals surface area contributed by atoms with E-state index in [9.17, 15) is 40.5 Å². The Balaban J connectivity index is 2.16. The number of aliphatic hydroxyl groups is 7. The van der Waals surface area contributed by atoms with Gasteiger partial charge in [-0.05, 0) is 38.5 Å². The van der Waals surface area contributed by atoms with Crippen molar-refractivity contribution in [1.82, 2.24) is 5.32 Å². The van der Waals surface area contributed by atoms with Gasteiger partial charge in [-0.3, -0.25) is 4.79 Å². The molecule has 11 heteroatoms. The number of rotatable bonds is 69. The summed E-state index contributed by atoms with van der Waals surface area (Å²) in [6.07, 6.45) is 70.4. The summed E-state index contributed by atoms with van der Waals surface area (Å²) in [5, 5.41) is 76.6. The largest absolute Gasteiger partial charge is 0.394 e. The van der Waals surface area contributed by atoms with E-state index in [1.165, 1.54) is 327 Å². The van der Waals surface area contributed by atoms with Crippen LogP contribution in [0, 0.1) is 0 Å². The summed E-state index contributed by atoms with van der Waals surface area (Å²) in [7, 11) is 0. The van der Waals surface area contributed by atoms with Crippen molar-refractivity contribution in [2.24, 2.45) is 0 Å². The fraction of sp³-hybridized carbons (Fsp3) is 0.961. The van der Waals surface area contributed by atoms with Gasteiger partial charge >= 0.3 is 0 Å². The Morgan fingerprint density at radius 2 is 0.678 bits per heavy atom. The molecule has 1 aliphatic heterocycles. The van der Waals surface area contributed by atoms with Gasteiger partial charge in [0.25, 0.3) is 0 Å². The number of aliphatic hydroxyl groups excluding tert-OH is 7. The van der Waals surface area contributed by atoms with E-state index in [1.54, 1.807) is 0 Å². The number of carbonyl (C=O) groups is 1. The van der Waals surface area contributed by atoms with Gasteiger partial charge in [-0.1, -0.05) is 373 Å². The van der Waals surface area contributed by atoms with Gasteiger partial charge in [-0.2, -0.15) is 0 Å². The third-order valence-corrected chi connectivity index (χ3v) is 19.1. The number of amides is 1. The molecule has 0 aromatic heterocycles. The van der Waals surface area contributed by atoms with Crippen LogP contribution in [0.3, 0.4) is 0 Å². The van der Waals surface area contributed by atoms with Crippen molar-refractivity contribution in [2.45, 2.75) is 454 Å². The Morgan fingerprint density at radius 3 is 0.989 bits per heavy atom. The highest BCUT2D eigenvalue weighted by Crippen LogP contribution is 2.24. The molecule has 0 aliphatic carbocycles. The van der Waals surface area contributed by atoms with Gasteiger partial charge in [0, 0.05) is 0 Å². The van der Waals surface area contributed by atoms with Crippen LogP contribution in [-0.4, -0.2) is 110 Å². The Kier molecular flexibility index (Phi) is 62.6. The first kappa shape index (κ1) is 83.9. The smallest absolute Gasteiger partial charge is 0.249 e. The minimum atomic E-state index is -1.67. The number of carbonyl (C=O) groups excluding carboxylic acids is 1. The Labute approximate surface area is 538 Å². The van der Waals surface area contributed by atoms with Crippen molar-refractivity contribution in [3.05, 3.63) is 12.2 Å². The summed E-state index contributed by atoms with van der Waals surface area (Å²) in [5.74, 6) is -0.696. The first-order valence-corrected chi connectivity index (χ1v) is 38.6. The maximum atomic E-state index is 13.3. The molecule has 1 heterocycles. The van der Waals surface area contributed by atoms with E-state index in [0.717, 1.165) is 32.1 Å². The van der Waals surface area contributed by atoms with Crippen LogP contribution in [0.2, 0.25) is 0 Å². The van der Waals surface area contributed by atoms with Crippen molar-refractivity contribution in [2.75, 3.05) is 13.2 Å². The van der Waals surface area contributed by atoms with Crippen molar-refractivity contribution in [3.8, 4) is 0 Å². The predicted molar refractivity (Wildman–Crippen MR) is 367 cm³/mol. The number of hydrogen-bond donors (Lipinski definition) is 8. The van der Waals surface area contributed by atoms with E-state index in [0.29, 0.717) is 12.8 Å². The molecule has 1 fully saturated rings. The molecule has 1 aliphatic rings. The van der Waals surface area contributed by atoms with Crippen LogP contribution in [0.4, 0.5) is 0 Å². The van der Waals surface area contributed by atoms with E-state index in [4.69, 9.17) is 9.47 Å². The van der Waals surface area contributed by atoms with Crippen LogP contribution in [-0.2, 0) is 14.3 Å². The molecule has 1 amide bonds. The molecule has 0 radical (unpaired) electrons. The molecule has 0 aromatic carbocycles. The minimum absolute atomic E-state index is 0.260. The van der Waals surface area contributed by atoms with Crippen molar-refractivity contribution in [1.29, 1.82) is 0 Å². The molecule has 0 saturated carbocycles. The lowest BCUT2D eigenvalue weighted by Crippen LogP contribution is -2.60. The highest BCUT2D eigenvalue weighted by atomic mass is 16.7. The summed E-state index contributed by atoms with van der Waals surface area (Å²) < 4.78 is 11.2. The van der Waals surface area contributed by atoms with Crippen LogP contribution < -0.4 is 5.32 Å². The van der Waals surface area contributed by atoms with Gasteiger partial charge in [0.05, 0.1) is 25.4 Å². The van der Waals surface area contributed by atoms with Gasteiger partial charge in [-0.25, -0.2) is 0 Å². The van der Waals surface area contributed by atoms with E-state index >= 15 is 0 Å². The number of hydrogen-bond acceptors (Lipinski definition) is 10. The first-order valence-electron chi connectivity index (χ1n) is 38.6. The molecule has 518 valence electrons. The summed E-state index contributed by atoms with van der Waals surface area (Å²) in [6.45, 7) is 3.52. The second-order valence-electron chi connectivity index (χ2n) is 27.4. The van der Waals surface area contributed by atoms with Crippen LogP contribution in [0.15, 0.2) is 12.2 Å². The van der Waals surface area contributed by atoms with Crippen molar-refractivity contribution >= 4 is 5.91 Å². The van der Waals surface area contributed by atoms with E-state index < -0.39 is 74.2 Å². The summed E-state index contributed by atoms with van der Waals surface area (Å²) >= 11 is 0. The summed E-state index contributed by atoms with van der Waals surface area (Å²) in [5.41, 5.74) is 0. The Hall–Kier alpha value is -1.15. The van der Waals surface area contributed by atoms with Gasteiger partial charge in [-0.15, -0.1) is 0 Å². The second kappa shape index (κ2) is 64.9. The van der Waals surface area contributed by atoms with E-state index in [1.807, 2.05) is 0 Å². The zero-order valence-corrected chi connectivity index (χ0v) is 57.5. The molecular formula is C76H149NO10. The van der Waals surface area contributed by atoms with Gasteiger partial charge in [0.15, 0.2) is 6.29 Å². The summed E-state index contributed by atoms with van der Waals surface area (Å²) in [6, 6.07) is -1.18. The standard InChI is InChI=1S/C76H149NO10/c1-3-5-7-9-11-13-15-17-19-21-23-25-27-29-31-33-34-35-36-38-39-41-43-45-47-49-51-53-55-57-59-61-63-68(79)71(81)67(66-86-76-74(84)73(83)72(82)70(65-78)87-76)77-75(85)69(80)64-62-60-58-56-54-52-50-48-46-44-42-40-37-32-30-28-26-24-22-20-18-16-14-12-10-8-6-4-2/h55,57,67-74,76,78-84H,3-54,56,58-66H2,1-2H3,(H,77,85)/b57-55+. The topological polar surface area (TPSA) is 189 Å². The maximum absolute atomic E-state index is 13.3. The fourth-order valence-electron chi connectivity index (χ4n) is 12.9. The molecule has 1 saturated heterocycles. The van der Waals surface area contributed by atoms with Gasteiger partial charge < -0.3 is 50.5 Å². The average Bonchev–Trinajstić information content (AvgIpc) is 1.97. The normalized spacial score (nSPS) is 18.7. The molecule has 0 aromatic rings. The van der Waals surface area contributed by atoms with Crippen LogP contribution in [0.25, 0.3) is 0 Å². The lowest BCUT2D eigenvalue weighted by Gasteiger charge is -2.40. The molecule has 0 spiro atoms. The van der Waals surface area contributed by atoms with Crippen LogP contribution in [0.1, 0.15) is 399 Å².